The summed E-state index contributed by atoms with van der Waals surface area (Å²) in [7, 11) is 0. The molecule has 1 heterocycles. The topological polar surface area (TPSA) is 69.7 Å². The van der Waals surface area contributed by atoms with Gasteiger partial charge in [-0.05, 0) is 42.8 Å². The smallest absolute Gasteiger partial charge is 0.356 e. The molecule has 5 heteroatoms. The summed E-state index contributed by atoms with van der Waals surface area (Å²) >= 11 is 0. The van der Waals surface area contributed by atoms with Gasteiger partial charge in [0.05, 0.1) is 5.56 Å². The van der Waals surface area contributed by atoms with Gasteiger partial charge in [0.15, 0.2) is 0 Å². The van der Waals surface area contributed by atoms with E-state index >= 15 is 0 Å². The summed E-state index contributed by atoms with van der Waals surface area (Å²) in [4.78, 5) is 35.1. The van der Waals surface area contributed by atoms with Crippen LogP contribution in [-0.2, 0) is 16.0 Å². The fourth-order valence-electron chi connectivity index (χ4n) is 2.48. The van der Waals surface area contributed by atoms with Gasteiger partial charge in [-0.1, -0.05) is 18.2 Å². The fraction of sp³-hybridized carbons (Fsp3) is 0.167. The molecule has 0 aromatic heterocycles. The van der Waals surface area contributed by atoms with Crippen molar-refractivity contribution in [2.45, 2.75) is 18.9 Å². The van der Waals surface area contributed by atoms with E-state index < -0.39 is 17.5 Å². The van der Waals surface area contributed by atoms with Crippen LogP contribution >= 0.6 is 0 Å². The molecule has 2 aromatic rings. The Morgan fingerprint density at radius 3 is 2.57 bits per heavy atom. The Morgan fingerprint density at radius 1 is 1.17 bits per heavy atom. The Hall–Kier alpha value is -2.95. The van der Waals surface area contributed by atoms with Crippen LogP contribution in [0.2, 0.25) is 0 Å². The summed E-state index contributed by atoms with van der Waals surface area (Å²) in [5.41, 5.74) is 0.316. The number of rotatable bonds is 3. The van der Waals surface area contributed by atoms with Crippen molar-refractivity contribution >= 4 is 18.2 Å². The molecule has 0 saturated heterocycles. The van der Waals surface area contributed by atoms with Crippen molar-refractivity contribution in [3.8, 4) is 5.75 Å². The molecule has 1 aliphatic rings. The Bertz CT molecular complexity index is 778. The predicted molar refractivity (Wildman–Crippen MR) is 81.4 cm³/mol. The van der Waals surface area contributed by atoms with Crippen LogP contribution in [-0.4, -0.2) is 23.8 Å². The van der Waals surface area contributed by atoms with E-state index in [-0.39, 0.29) is 12.2 Å². The molecular formula is C18H14O5. The van der Waals surface area contributed by atoms with Gasteiger partial charge in [-0.25, -0.2) is 9.59 Å². The normalized spacial score (nSPS) is 19.4. The van der Waals surface area contributed by atoms with E-state index in [1.807, 2.05) is 0 Å². The van der Waals surface area contributed by atoms with Crippen LogP contribution in [0.1, 0.15) is 33.2 Å². The van der Waals surface area contributed by atoms with Gasteiger partial charge in [-0.15, -0.1) is 0 Å². The average molecular weight is 310 g/mol. The molecule has 0 spiro atoms. The van der Waals surface area contributed by atoms with Crippen molar-refractivity contribution in [3.05, 3.63) is 65.2 Å². The maximum Gasteiger partial charge on any atom is 0.356 e. The SMILES string of the molecule is C[C@]1(C(=O)Oc2ccc(C=O)cc2)Cc2ccccc2C(=O)O1. The summed E-state index contributed by atoms with van der Waals surface area (Å²) in [5.74, 6) is -0.904. The highest BCUT2D eigenvalue weighted by Gasteiger charge is 2.44. The molecule has 5 nitrogen and oxygen atoms in total. The zero-order chi connectivity index (χ0) is 16.4. The van der Waals surface area contributed by atoms with Crippen LogP contribution in [0.15, 0.2) is 48.5 Å². The molecule has 0 fully saturated rings. The Kier molecular flexibility index (Phi) is 3.70. The van der Waals surface area contributed by atoms with Gasteiger partial charge in [0.1, 0.15) is 12.0 Å². The summed E-state index contributed by atoms with van der Waals surface area (Å²) in [5, 5.41) is 0. The van der Waals surface area contributed by atoms with E-state index in [0.717, 1.165) is 5.56 Å². The molecule has 0 N–H and O–H groups in total. The molecule has 0 aliphatic carbocycles. The van der Waals surface area contributed by atoms with Crippen LogP contribution in [0, 0.1) is 0 Å². The third-order valence-electron chi connectivity index (χ3n) is 3.74. The highest BCUT2D eigenvalue weighted by Crippen LogP contribution is 2.29. The number of hydrogen-bond acceptors (Lipinski definition) is 5. The van der Waals surface area contributed by atoms with Crippen molar-refractivity contribution in [2.75, 3.05) is 0 Å². The lowest BCUT2D eigenvalue weighted by Crippen LogP contribution is -2.48. The summed E-state index contributed by atoms with van der Waals surface area (Å²) < 4.78 is 10.6. The van der Waals surface area contributed by atoms with Crippen LogP contribution in [0.5, 0.6) is 5.75 Å². The summed E-state index contributed by atoms with van der Waals surface area (Å²) in [6.45, 7) is 1.53. The van der Waals surface area contributed by atoms with E-state index in [0.29, 0.717) is 17.4 Å². The minimum atomic E-state index is -1.38. The second-order valence-electron chi connectivity index (χ2n) is 5.53. The lowest BCUT2D eigenvalue weighted by molar-refractivity contribution is -0.155. The molecule has 0 amide bonds. The number of aldehydes is 1. The lowest BCUT2D eigenvalue weighted by atomic mass is 9.90. The monoisotopic (exact) mass is 310 g/mol. The van der Waals surface area contributed by atoms with Crippen molar-refractivity contribution < 1.29 is 23.9 Å². The number of ether oxygens (including phenoxy) is 2. The number of hydrogen-bond donors (Lipinski definition) is 0. The molecule has 116 valence electrons. The van der Waals surface area contributed by atoms with Gasteiger partial charge in [-0.2, -0.15) is 0 Å². The Labute approximate surface area is 132 Å². The van der Waals surface area contributed by atoms with E-state index in [1.54, 1.807) is 36.4 Å². The van der Waals surface area contributed by atoms with E-state index in [2.05, 4.69) is 0 Å². The number of esters is 2. The first-order chi connectivity index (χ1) is 11.0. The second-order valence-corrected chi connectivity index (χ2v) is 5.53. The third-order valence-corrected chi connectivity index (χ3v) is 3.74. The van der Waals surface area contributed by atoms with Crippen LogP contribution < -0.4 is 4.74 Å². The van der Waals surface area contributed by atoms with Crippen LogP contribution in [0.25, 0.3) is 0 Å². The zero-order valence-electron chi connectivity index (χ0n) is 12.4. The highest BCUT2D eigenvalue weighted by molar-refractivity contribution is 5.96. The Balaban J connectivity index is 1.81. The van der Waals surface area contributed by atoms with Gasteiger partial charge in [-0.3, -0.25) is 4.79 Å². The maximum atomic E-state index is 12.4. The van der Waals surface area contributed by atoms with E-state index in [1.165, 1.54) is 19.1 Å². The number of carbonyl (C=O) groups is 3. The van der Waals surface area contributed by atoms with Gasteiger partial charge < -0.3 is 9.47 Å². The minimum Gasteiger partial charge on any atom is -0.443 e. The highest BCUT2D eigenvalue weighted by atomic mass is 16.6. The van der Waals surface area contributed by atoms with Crippen molar-refractivity contribution in [2.24, 2.45) is 0 Å². The van der Waals surface area contributed by atoms with E-state index in [4.69, 9.17) is 9.47 Å². The maximum absolute atomic E-state index is 12.4. The first-order valence-corrected chi connectivity index (χ1v) is 7.10. The van der Waals surface area contributed by atoms with E-state index in [9.17, 15) is 14.4 Å². The summed E-state index contributed by atoms with van der Waals surface area (Å²) in [6.07, 6.45) is 0.951. The van der Waals surface area contributed by atoms with Gasteiger partial charge in [0, 0.05) is 12.0 Å². The first-order valence-electron chi connectivity index (χ1n) is 7.10. The Morgan fingerprint density at radius 2 is 1.87 bits per heavy atom. The molecule has 1 aliphatic heterocycles. The van der Waals surface area contributed by atoms with Crippen molar-refractivity contribution in [1.29, 1.82) is 0 Å². The second kappa shape index (κ2) is 5.68. The largest absolute Gasteiger partial charge is 0.443 e. The molecule has 0 saturated carbocycles. The minimum absolute atomic E-state index is 0.250. The quantitative estimate of drug-likeness (QED) is 0.495. The van der Waals surface area contributed by atoms with Crippen molar-refractivity contribution in [1.82, 2.24) is 0 Å². The molecule has 23 heavy (non-hydrogen) atoms. The number of benzene rings is 2. The first kappa shape index (κ1) is 15.0. The number of cyclic esters (lactones) is 1. The predicted octanol–water partition coefficient (Wildman–Crippen LogP) is 2.58. The van der Waals surface area contributed by atoms with Gasteiger partial charge in [0.2, 0.25) is 5.60 Å². The molecule has 2 aromatic carbocycles. The van der Waals surface area contributed by atoms with Gasteiger partial charge >= 0.3 is 11.9 Å². The number of fused-ring (bicyclic) bond motifs is 1. The fourth-order valence-corrected chi connectivity index (χ4v) is 2.48. The third kappa shape index (κ3) is 2.85. The molecule has 3 rings (SSSR count). The van der Waals surface area contributed by atoms with Crippen molar-refractivity contribution in [3.63, 3.8) is 0 Å². The molecule has 1 atom stereocenters. The molecule has 0 bridgehead atoms. The van der Waals surface area contributed by atoms with Crippen LogP contribution in [0.4, 0.5) is 0 Å². The lowest BCUT2D eigenvalue weighted by Gasteiger charge is -2.32. The zero-order valence-corrected chi connectivity index (χ0v) is 12.4. The summed E-state index contributed by atoms with van der Waals surface area (Å²) in [6, 6.07) is 13.1. The molecule has 0 unspecified atom stereocenters. The van der Waals surface area contributed by atoms with Crippen LogP contribution in [0.3, 0.4) is 0 Å². The number of carbonyl (C=O) groups excluding carboxylic acids is 3. The average Bonchev–Trinajstić information content (AvgIpc) is 2.55. The standard InChI is InChI=1S/C18H14O5/c1-18(10-13-4-2-3-5-15(13)16(20)23-18)17(21)22-14-8-6-12(11-19)7-9-14/h2-9,11H,10H2,1H3/t18-/m1/s1. The van der Waals surface area contributed by atoms with Gasteiger partial charge in [0.25, 0.3) is 0 Å². The molecule has 0 radical (unpaired) electrons. The molecular weight excluding hydrogens is 296 g/mol.